The zero-order chi connectivity index (χ0) is 31.0. The van der Waals surface area contributed by atoms with Gasteiger partial charge in [-0.3, -0.25) is 10.1 Å². The maximum atomic E-state index is 14.2. The second-order valence-electron chi connectivity index (χ2n) is 9.06. The zero-order valence-electron chi connectivity index (χ0n) is 23.3. The van der Waals surface area contributed by atoms with E-state index in [9.17, 15) is 33.3 Å². The largest absolute Gasteiger partial charge is 0.462 e. The molecule has 0 N–H and O–H groups in total. The number of hydrogen-bond acceptors (Lipinski definition) is 10. The molecule has 0 atom stereocenters. The molecule has 42 heavy (non-hydrogen) atoms. The van der Waals surface area contributed by atoms with E-state index in [1.165, 1.54) is 24.3 Å². The molecule has 0 saturated carbocycles. The number of hydrogen-bond donors (Lipinski definition) is 0. The van der Waals surface area contributed by atoms with Crippen molar-refractivity contribution >= 4 is 40.2 Å². The predicted molar refractivity (Wildman–Crippen MR) is 150 cm³/mol. The Kier molecular flexibility index (Phi) is 11.0. The molecule has 14 heteroatoms. The molecular weight excluding hydrogens is 576 g/mol. The van der Waals surface area contributed by atoms with Crippen molar-refractivity contribution in [3.8, 4) is 10.4 Å². The van der Waals surface area contributed by atoms with Gasteiger partial charge in [-0.25, -0.2) is 23.2 Å². The predicted octanol–water partition coefficient (Wildman–Crippen LogP) is 6.53. The number of halogens is 2. The van der Waals surface area contributed by atoms with E-state index < -0.39 is 46.9 Å². The van der Waals surface area contributed by atoms with Crippen LogP contribution in [0.3, 0.4) is 0 Å². The summed E-state index contributed by atoms with van der Waals surface area (Å²) in [6, 6.07) is 8.63. The summed E-state index contributed by atoms with van der Waals surface area (Å²) in [7, 11) is 3.47. The number of benzene rings is 2. The minimum Gasteiger partial charge on any atom is -0.462 e. The maximum Gasteiger partial charge on any atom is 0.425 e. The summed E-state index contributed by atoms with van der Waals surface area (Å²) in [6.07, 6.45) is -2.13. The van der Waals surface area contributed by atoms with Crippen LogP contribution in [-0.2, 0) is 27.4 Å². The van der Waals surface area contributed by atoms with Crippen molar-refractivity contribution < 1.29 is 42.3 Å². The molecule has 0 spiro atoms. The molecule has 1 heterocycles. The van der Waals surface area contributed by atoms with Crippen LogP contribution in [-0.4, -0.2) is 55.3 Å². The molecule has 0 unspecified atom stereocenters. The molecule has 0 saturated heterocycles. The van der Waals surface area contributed by atoms with Gasteiger partial charge in [0.2, 0.25) is 0 Å². The highest BCUT2D eigenvalue weighted by molar-refractivity contribution is 7.20. The molecule has 0 aliphatic heterocycles. The third-order valence-corrected chi connectivity index (χ3v) is 6.95. The summed E-state index contributed by atoms with van der Waals surface area (Å²) >= 11 is 0.855. The Hall–Kier alpha value is -4.43. The lowest BCUT2D eigenvalue weighted by atomic mass is 10.0. The molecule has 0 aliphatic rings. The van der Waals surface area contributed by atoms with Gasteiger partial charge in [-0.2, -0.15) is 4.90 Å². The number of nitro benzene ring substituents is 1. The zero-order valence-corrected chi connectivity index (χ0v) is 24.2. The second kappa shape index (κ2) is 14.5. The van der Waals surface area contributed by atoms with Crippen LogP contribution in [0.5, 0.6) is 0 Å². The molecular formula is C28H29F2N3O8S. The number of esters is 1. The molecule has 1 aromatic heterocycles. The molecule has 3 rings (SSSR count). The van der Waals surface area contributed by atoms with E-state index in [2.05, 4.69) is 0 Å². The lowest BCUT2D eigenvalue weighted by Gasteiger charge is -2.20. The fourth-order valence-corrected chi connectivity index (χ4v) is 5.11. The average molecular weight is 606 g/mol. The minimum absolute atomic E-state index is 0.0281. The third-order valence-electron chi connectivity index (χ3n) is 5.68. The highest BCUT2D eigenvalue weighted by Gasteiger charge is 2.37. The van der Waals surface area contributed by atoms with Crippen LogP contribution in [0.25, 0.3) is 10.4 Å². The molecule has 2 aromatic carbocycles. The van der Waals surface area contributed by atoms with Gasteiger partial charge >= 0.3 is 18.2 Å². The van der Waals surface area contributed by atoms with E-state index in [1.807, 2.05) is 0 Å². The highest BCUT2D eigenvalue weighted by Crippen LogP contribution is 2.44. The van der Waals surface area contributed by atoms with Gasteiger partial charge in [0, 0.05) is 29.1 Å². The average Bonchev–Trinajstić information content (AvgIpc) is 3.29. The van der Waals surface area contributed by atoms with Gasteiger partial charge in [0.15, 0.2) is 0 Å². The minimum atomic E-state index is -1.35. The van der Waals surface area contributed by atoms with Crippen LogP contribution >= 0.6 is 11.3 Å². The van der Waals surface area contributed by atoms with E-state index in [0.29, 0.717) is 27.3 Å². The van der Waals surface area contributed by atoms with Crippen molar-refractivity contribution in [1.82, 2.24) is 4.90 Å². The van der Waals surface area contributed by atoms with E-state index in [0.717, 1.165) is 29.5 Å². The van der Waals surface area contributed by atoms with Crippen LogP contribution < -0.4 is 4.90 Å². The number of non-ortho nitro benzene ring substituents is 1. The van der Waals surface area contributed by atoms with Gasteiger partial charge in [-0.05, 0) is 57.3 Å². The van der Waals surface area contributed by atoms with Crippen LogP contribution in [0.15, 0.2) is 42.5 Å². The van der Waals surface area contributed by atoms with E-state index in [-0.39, 0.29) is 36.0 Å². The first-order chi connectivity index (χ1) is 20.0. The second-order valence-corrected chi connectivity index (χ2v) is 10.1. The summed E-state index contributed by atoms with van der Waals surface area (Å²) in [6.45, 7) is 2.49. The number of anilines is 1. The summed E-state index contributed by atoms with van der Waals surface area (Å²) in [5.74, 6) is -2.77. The Bertz CT molecular complexity index is 1440. The number of ether oxygens (including phenoxy) is 3. The first-order valence-electron chi connectivity index (χ1n) is 12.8. The van der Waals surface area contributed by atoms with Crippen LogP contribution in [0.2, 0.25) is 0 Å². The van der Waals surface area contributed by atoms with Gasteiger partial charge in [0.1, 0.15) is 28.8 Å². The lowest BCUT2D eigenvalue weighted by molar-refractivity contribution is -0.384. The van der Waals surface area contributed by atoms with E-state index in [4.69, 9.17) is 14.2 Å². The molecule has 224 valence electrons. The van der Waals surface area contributed by atoms with E-state index in [1.54, 1.807) is 32.8 Å². The summed E-state index contributed by atoms with van der Waals surface area (Å²) in [5.41, 5.74) is -0.00347. The number of rotatable bonds is 11. The summed E-state index contributed by atoms with van der Waals surface area (Å²) in [4.78, 5) is 53.3. The standard InChI is InChI=1S/C28H29F2N3O8S/c1-5-14-40-27(35)32(28(36)41-16-20-21(29)8-7-9-22(20)30)25-23(26(34)39-6-2)19(15-31(3)4)24(42-25)17-10-12-18(13-11-17)33(37)38/h7-13H,5-6,14-16H2,1-4H3. The molecule has 0 aliphatic carbocycles. The molecule has 0 fully saturated rings. The molecule has 3 aromatic rings. The van der Waals surface area contributed by atoms with Crippen LogP contribution in [0, 0.1) is 21.7 Å². The fraction of sp³-hybridized carbons (Fsp3) is 0.321. The van der Waals surface area contributed by atoms with Gasteiger partial charge < -0.3 is 19.1 Å². The first kappa shape index (κ1) is 32.1. The quantitative estimate of drug-likeness (QED) is 0.104. The maximum absolute atomic E-state index is 14.2. The number of imide groups is 1. The van der Waals surface area contributed by atoms with Crippen molar-refractivity contribution in [3.63, 3.8) is 0 Å². The normalized spacial score (nSPS) is 10.8. The van der Waals surface area contributed by atoms with Crippen molar-refractivity contribution in [1.29, 1.82) is 0 Å². The fourth-order valence-electron chi connectivity index (χ4n) is 3.82. The van der Waals surface area contributed by atoms with Gasteiger partial charge in [-0.1, -0.05) is 13.0 Å². The van der Waals surface area contributed by atoms with Gasteiger partial charge in [0.25, 0.3) is 5.69 Å². The number of nitro groups is 1. The topological polar surface area (TPSA) is 129 Å². The lowest BCUT2D eigenvalue weighted by Crippen LogP contribution is -2.38. The Morgan fingerprint density at radius 3 is 2.10 bits per heavy atom. The van der Waals surface area contributed by atoms with Crippen molar-refractivity contribution in [2.75, 3.05) is 32.2 Å². The van der Waals surface area contributed by atoms with Crippen molar-refractivity contribution in [3.05, 3.63) is 80.9 Å². The Morgan fingerprint density at radius 2 is 1.55 bits per heavy atom. The van der Waals surface area contributed by atoms with Gasteiger partial charge in [-0.15, -0.1) is 11.3 Å². The first-order valence-corrected chi connectivity index (χ1v) is 13.6. The number of carbonyl (C=O) groups is 3. The monoisotopic (exact) mass is 605 g/mol. The molecule has 0 bridgehead atoms. The smallest absolute Gasteiger partial charge is 0.425 e. The Balaban J connectivity index is 2.21. The highest BCUT2D eigenvalue weighted by atomic mass is 32.1. The summed E-state index contributed by atoms with van der Waals surface area (Å²) < 4.78 is 44.0. The van der Waals surface area contributed by atoms with Gasteiger partial charge in [0.05, 0.1) is 23.7 Å². The van der Waals surface area contributed by atoms with Crippen LogP contribution in [0.4, 0.5) is 29.1 Å². The Labute approximate surface area is 244 Å². The van der Waals surface area contributed by atoms with E-state index >= 15 is 0 Å². The number of amides is 2. The Morgan fingerprint density at radius 1 is 0.929 bits per heavy atom. The van der Waals surface area contributed by atoms with Crippen LogP contribution in [0.1, 0.15) is 41.8 Å². The van der Waals surface area contributed by atoms with Crippen molar-refractivity contribution in [2.24, 2.45) is 0 Å². The SMILES string of the molecule is CCCOC(=O)N(C(=O)OCc1c(F)cccc1F)c1sc(-c2ccc([N+](=O)[O-])cc2)c(CN(C)C)c1C(=O)OCC. The number of carbonyl (C=O) groups excluding carboxylic acids is 3. The molecule has 2 amide bonds. The number of thiophene rings is 1. The summed E-state index contributed by atoms with van der Waals surface area (Å²) in [5, 5.41) is 11.0. The van der Waals surface area contributed by atoms with Crippen molar-refractivity contribution in [2.45, 2.75) is 33.4 Å². The third kappa shape index (κ3) is 7.44. The molecule has 11 nitrogen and oxygen atoms in total. The molecule has 0 radical (unpaired) electrons. The number of nitrogens with zero attached hydrogens (tertiary/aromatic N) is 3.